The quantitative estimate of drug-likeness (QED) is 0.851. The van der Waals surface area contributed by atoms with E-state index < -0.39 is 0 Å². The second-order valence-electron chi connectivity index (χ2n) is 4.69. The van der Waals surface area contributed by atoms with Crippen molar-refractivity contribution < 1.29 is 9.47 Å². The van der Waals surface area contributed by atoms with Crippen LogP contribution in [-0.4, -0.2) is 24.2 Å². The summed E-state index contributed by atoms with van der Waals surface area (Å²) in [4.78, 5) is 7.38. The highest BCUT2D eigenvalue weighted by Gasteiger charge is 2.16. The van der Waals surface area contributed by atoms with Gasteiger partial charge in [0.2, 0.25) is 0 Å². The van der Waals surface area contributed by atoms with Crippen LogP contribution in [0, 0.1) is 0 Å². The minimum absolute atomic E-state index is 0.131. The summed E-state index contributed by atoms with van der Waals surface area (Å²) in [6, 6.07) is 6.12. The highest BCUT2D eigenvalue weighted by Crippen LogP contribution is 2.30. The lowest BCUT2D eigenvalue weighted by Gasteiger charge is -2.21. The Balaban J connectivity index is 2.14. The number of ether oxygens (including phenoxy) is 2. The number of aromatic amines is 1. The molecule has 2 unspecified atom stereocenters. The van der Waals surface area contributed by atoms with E-state index in [1.54, 1.807) is 20.4 Å². The van der Waals surface area contributed by atoms with Crippen LogP contribution in [0.5, 0.6) is 11.5 Å². The van der Waals surface area contributed by atoms with Crippen LogP contribution in [-0.2, 0) is 0 Å². The van der Waals surface area contributed by atoms with Gasteiger partial charge in [-0.3, -0.25) is 0 Å². The summed E-state index contributed by atoms with van der Waals surface area (Å²) in [7, 11) is 3.32. The molecule has 0 saturated heterocycles. The molecule has 0 aliphatic carbocycles. The third kappa shape index (κ3) is 3.11. The van der Waals surface area contributed by atoms with E-state index in [2.05, 4.69) is 29.1 Å². The summed E-state index contributed by atoms with van der Waals surface area (Å²) < 4.78 is 10.7. The molecule has 0 fully saturated rings. The number of nitrogens with zero attached hydrogens (tertiary/aromatic N) is 1. The zero-order chi connectivity index (χ0) is 14.5. The van der Waals surface area contributed by atoms with Crippen molar-refractivity contribution in [2.75, 3.05) is 14.2 Å². The highest BCUT2D eigenvalue weighted by molar-refractivity contribution is 5.42. The molecular formula is C15H21N3O2. The van der Waals surface area contributed by atoms with Crippen molar-refractivity contribution in [3.8, 4) is 11.5 Å². The van der Waals surface area contributed by atoms with Gasteiger partial charge in [0.1, 0.15) is 17.3 Å². The number of imidazole rings is 1. The van der Waals surface area contributed by atoms with E-state index in [1.807, 2.05) is 24.4 Å². The van der Waals surface area contributed by atoms with Gasteiger partial charge in [-0.2, -0.15) is 0 Å². The Bertz CT molecular complexity index is 540. The van der Waals surface area contributed by atoms with Gasteiger partial charge in [0.05, 0.1) is 20.3 Å². The monoisotopic (exact) mass is 275 g/mol. The number of methoxy groups -OCH3 is 2. The average molecular weight is 275 g/mol. The molecule has 2 atom stereocenters. The fourth-order valence-electron chi connectivity index (χ4n) is 2.23. The molecule has 1 heterocycles. The van der Waals surface area contributed by atoms with Gasteiger partial charge in [-0.25, -0.2) is 4.98 Å². The van der Waals surface area contributed by atoms with E-state index in [4.69, 9.17) is 9.47 Å². The Hall–Kier alpha value is -2.01. The van der Waals surface area contributed by atoms with Crippen molar-refractivity contribution in [1.29, 1.82) is 0 Å². The first kappa shape index (κ1) is 14.4. The van der Waals surface area contributed by atoms with E-state index in [0.717, 1.165) is 22.9 Å². The molecule has 1 aromatic carbocycles. The van der Waals surface area contributed by atoms with Gasteiger partial charge < -0.3 is 19.8 Å². The van der Waals surface area contributed by atoms with Crippen molar-refractivity contribution >= 4 is 0 Å². The first-order chi connectivity index (χ1) is 9.65. The van der Waals surface area contributed by atoms with Crippen molar-refractivity contribution in [3.05, 3.63) is 42.0 Å². The zero-order valence-corrected chi connectivity index (χ0v) is 12.3. The molecule has 20 heavy (non-hydrogen) atoms. The number of aromatic nitrogens is 2. The molecular weight excluding hydrogens is 254 g/mol. The molecule has 5 nitrogen and oxygen atoms in total. The van der Waals surface area contributed by atoms with Gasteiger partial charge in [-0.1, -0.05) is 6.07 Å². The number of nitrogens with one attached hydrogen (secondary N) is 2. The van der Waals surface area contributed by atoms with Gasteiger partial charge in [-0.15, -0.1) is 0 Å². The van der Waals surface area contributed by atoms with Crippen LogP contribution < -0.4 is 14.8 Å². The Morgan fingerprint density at radius 3 is 2.55 bits per heavy atom. The molecule has 0 amide bonds. The molecule has 108 valence electrons. The summed E-state index contributed by atoms with van der Waals surface area (Å²) in [6.45, 7) is 4.18. The topological polar surface area (TPSA) is 59.2 Å². The lowest BCUT2D eigenvalue weighted by molar-refractivity contribution is 0.382. The van der Waals surface area contributed by atoms with E-state index in [1.165, 1.54) is 0 Å². The number of hydrogen-bond acceptors (Lipinski definition) is 4. The molecule has 0 spiro atoms. The van der Waals surface area contributed by atoms with Crippen molar-refractivity contribution in [1.82, 2.24) is 15.3 Å². The molecule has 1 aromatic heterocycles. The van der Waals surface area contributed by atoms with Crippen LogP contribution in [0.3, 0.4) is 0 Å². The largest absolute Gasteiger partial charge is 0.497 e. The maximum Gasteiger partial charge on any atom is 0.127 e. The predicted octanol–water partition coefficient (Wildman–Crippen LogP) is 2.84. The minimum Gasteiger partial charge on any atom is -0.497 e. The summed E-state index contributed by atoms with van der Waals surface area (Å²) >= 11 is 0. The van der Waals surface area contributed by atoms with Gasteiger partial charge in [0.25, 0.3) is 0 Å². The fourth-order valence-corrected chi connectivity index (χ4v) is 2.23. The SMILES string of the molecule is COc1ccc(C(C)NC(C)c2ncc[nH]2)c(OC)c1. The van der Waals surface area contributed by atoms with Crippen LogP contribution >= 0.6 is 0 Å². The van der Waals surface area contributed by atoms with Crippen LogP contribution in [0.4, 0.5) is 0 Å². The number of hydrogen-bond donors (Lipinski definition) is 2. The highest BCUT2D eigenvalue weighted by atomic mass is 16.5. The minimum atomic E-state index is 0.131. The Kier molecular flexibility index (Phi) is 4.63. The molecule has 2 rings (SSSR count). The molecule has 0 bridgehead atoms. The van der Waals surface area contributed by atoms with Crippen LogP contribution in [0.15, 0.2) is 30.6 Å². The number of benzene rings is 1. The van der Waals surface area contributed by atoms with Crippen molar-refractivity contribution in [2.45, 2.75) is 25.9 Å². The summed E-state index contributed by atoms with van der Waals surface area (Å²) in [5.41, 5.74) is 1.09. The first-order valence-corrected chi connectivity index (χ1v) is 6.63. The third-order valence-corrected chi connectivity index (χ3v) is 3.34. The molecule has 0 radical (unpaired) electrons. The number of rotatable bonds is 6. The predicted molar refractivity (Wildman–Crippen MR) is 78.1 cm³/mol. The summed E-state index contributed by atoms with van der Waals surface area (Å²) in [5.74, 6) is 2.53. The van der Waals surface area contributed by atoms with Crippen LogP contribution in [0.25, 0.3) is 0 Å². The lowest BCUT2D eigenvalue weighted by atomic mass is 10.1. The summed E-state index contributed by atoms with van der Waals surface area (Å²) in [6.07, 6.45) is 3.58. The zero-order valence-electron chi connectivity index (χ0n) is 12.3. The normalized spacial score (nSPS) is 13.8. The van der Waals surface area contributed by atoms with E-state index in [9.17, 15) is 0 Å². The van der Waals surface area contributed by atoms with Crippen molar-refractivity contribution in [2.24, 2.45) is 0 Å². The van der Waals surface area contributed by atoms with Crippen molar-refractivity contribution in [3.63, 3.8) is 0 Å². The Labute approximate surface area is 119 Å². The maximum absolute atomic E-state index is 5.44. The van der Waals surface area contributed by atoms with Gasteiger partial charge in [-0.05, 0) is 19.9 Å². The number of H-pyrrole nitrogens is 1. The molecule has 2 aromatic rings. The lowest BCUT2D eigenvalue weighted by Crippen LogP contribution is -2.23. The molecule has 0 saturated carbocycles. The van der Waals surface area contributed by atoms with E-state index in [-0.39, 0.29) is 12.1 Å². The second kappa shape index (κ2) is 6.43. The van der Waals surface area contributed by atoms with Gasteiger partial charge in [0.15, 0.2) is 0 Å². The maximum atomic E-state index is 5.44. The average Bonchev–Trinajstić information content (AvgIpc) is 3.00. The molecule has 0 aliphatic heterocycles. The molecule has 2 N–H and O–H groups in total. The van der Waals surface area contributed by atoms with E-state index in [0.29, 0.717) is 0 Å². The third-order valence-electron chi connectivity index (χ3n) is 3.34. The Morgan fingerprint density at radius 2 is 1.95 bits per heavy atom. The standard InChI is InChI=1S/C15H21N3O2/c1-10(18-11(2)15-16-7-8-17-15)13-6-5-12(19-3)9-14(13)20-4/h5-11,18H,1-4H3,(H,16,17). The Morgan fingerprint density at radius 1 is 1.15 bits per heavy atom. The fraction of sp³-hybridized carbons (Fsp3) is 0.400. The first-order valence-electron chi connectivity index (χ1n) is 6.63. The van der Waals surface area contributed by atoms with Crippen LogP contribution in [0.2, 0.25) is 0 Å². The summed E-state index contributed by atoms with van der Waals surface area (Å²) in [5, 5.41) is 3.50. The second-order valence-corrected chi connectivity index (χ2v) is 4.69. The molecule has 0 aliphatic rings. The van der Waals surface area contributed by atoms with Crippen LogP contribution in [0.1, 0.15) is 37.3 Å². The van der Waals surface area contributed by atoms with Gasteiger partial charge in [0, 0.05) is 30.1 Å². The van der Waals surface area contributed by atoms with Gasteiger partial charge >= 0.3 is 0 Å². The van der Waals surface area contributed by atoms with E-state index >= 15 is 0 Å². The molecule has 5 heteroatoms. The smallest absolute Gasteiger partial charge is 0.127 e.